The number of ether oxygens (including phenoxy) is 1. The van der Waals surface area contributed by atoms with Crippen LogP contribution < -0.4 is 0 Å². The minimum absolute atomic E-state index is 0.0858. The Morgan fingerprint density at radius 3 is 2.96 bits per heavy atom. The molecule has 0 aromatic carbocycles. The summed E-state index contributed by atoms with van der Waals surface area (Å²) in [6.45, 7) is 5.52. The molecule has 1 aromatic heterocycles. The van der Waals surface area contributed by atoms with Gasteiger partial charge in [0.25, 0.3) is 5.91 Å². The first-order valence-electron chi connectivity index (χ1n) is 8.04. The molecule has 0 saturated carbocycles. The molecule has 1 amide bonds. The van der Waals surface area contributed by atoms with Gasteiger partial charge in [-0.15, -0.1) is 11.3 Å². The van der Waals surface area contributed by atoms with Gasteiger partial charge in [-0.25, -0.2) is 4.98 Å². The smallest absolute Gasteiger partial charge is 0.311 e. The van der Waals surface area contributed by atoms with E-state index in [1.165, 1.54) is 11.3 Å². The van der Waals surface area contributed by atoms with Gasteiger partial charge < -0.3 is 14.7 Å². The number of fused-ring (bicyclic) bond motifs is 1. The van der Waals surface area contributed by atoms with Gasteiger partial charge in [-0.05, 0) is 26.2 Å². The van der Waals surface area contributed by atoms with Gasteiger partial charge in [-0.3, -0.25) is 9.59 Å². The Balaban J connectivity index is 1.83. The summed E-state index contributed by atoms with van der Waals surface area (Å²) in [6.07, 6.45) is 2.33. The highest BCUT2D eigenvalue weighted by molar-refractivity contribution is 7.13. The first-order chi connectivity index (χ1) is 11.0. The summed E-state index contributed by atoms with van der Waals surface area (Å²) in [7, 11) is 0. The summed E-state index contributed by atoms with van der Waals surface area (Å²) in [5.74, 6) is -1.02. The largest absolute Gasteiger partial charge is 0.481 e. The molecular formula is C16H22N2O4S. The molecular weight excluding hydrogens is 316 g/mol. The Bertz CT molecular complexity index is 630. The number of hydrogen-bond donors (Lipinski definition) is 1. The van der Waals surface area contributed by atoms with Crippen LogP contribution in [0.3, 0.4) is 0 Å². The van der Waals surface area contributed by atoms with E-state index in [1.54, 1.807) is 4.90 Å². The maximum atomic E-state index is 12.9. The normalized spacial score (nSPS) is 27.0. The molecule has 0 spiro atoms. The Morgan fingerprint density at radius 2 is 2.30 bits per heavy atom. The summed E-state index contributed by atoms with van der Waals surface area (Å²) < 4.78 is 5.44. The summed E-state index contributed by atoms with van der Waals surface area (Å²) in [5.41, 5.74) is -0.0994. The van der Waals surface area contributed by atoms with Gasteiger partial charge in [0.2, 0.25) is 0 Å². The molecule has 3 rings (SSSR count). The maximum Gasteiger partial charge on any atom is 0.311 e. The van der Waals surface area contributed by atoms with Crippen LogP contribution in [-0.2, 0) is 16.0 Å². The van der Waals surface area contributed by atoms with Crippen LogP contribution >= 0.6 is 11.3 Å². The lowest BCUT2D eigenvalue weighted by molar-refractivity contribution is -0.157. The maximum absolute atomic E-state index is 12.9. The highest BCUT2D eigenvalue weighted by Gasteiger charge is 2.55. The number of rotatable bonds is 4. The molecule has 2 saturated heterocycles. The van der Waals surface area contributed by atoms with Gasteiger partial charge in [-0.1, -0.05) is 6.92 Å². The van der Waals surface area contributed by atoms with E-state index >= 15 is 0 Å². The highest BCUT2D eigenvalue weighted by atomic mass is 32.1. The van der Waals surface area contributed by atoms with E-state index in [1.807, 2.05) is 6.92 Å². The Morgan fingerprint density at radius 1 is 1.52 bits per heavy atom. The first kappa shape index (κ1) is 16.4. The van der Waals surface area contributed by atoms with E-state index in [9.17, 15) is 14.7 Å². The second-order valence-corrected chi connectivity index (χ2v) is 7.52. The van der Waals surface area contributed by atoms with Crippen LogP contribution in [0.4, 0.5) is 0 Å². The van der Waals surface area contributed by atoms with E-state index in [0.29, 0.717) is 31.1 Å². The molecule has 2 fully saturated rings. The van der Waals surface area contributed by atoms with Gasteiger partial charge in [0.15, 0.2) is 0 Å². The average molecular weight is 338 g/mol. The second kappa shape index (κ2) is 6.20. The SMILES string of the molecule is CCCc1nc(C)c(C(=O)N2C[C@H]3COCC[C@@]3(C(=O)O)C2)s1. The lowest BCUT2D eigenvalue weighted by atomic mass is 9.74. The van der Waals surface area contributed by atoms with Crippen molar-refractivity contribution in [2.24, 2.45) is 11.3 Å². The predicted octanol–water partition coefficient (Wildman–Crippen LogP) is 1.97. The number of hydrogen-bond acceptors (Lipinski definition) is 5. The third-order valence-electron chi connectivity index (χ3n) is 4.92. The van der Waals surface area contributed by atoms with E-state index < -0.39 is 11.4 Å². The molecule has 23 heavy (non-hydrogen) atoms. The van der Waals surface area contributed by atoms with Crippen molar-refractivity contribution >= 4 is 23.2 Å². The van der Waals surface area contributed by atoms with Crippen molar-refractivity contribution < 1.29 is 19.4 Å². The number of carbonyl (C=O) groups is 2. The second-order valence-electron chi connectivity index (χ2n) is 6.44. The monoisotopic (exact) mass is 338 g/mol. The molecule has 1 N–H and O–H groups in total. The Hall–Kier alpha value is -1.47. The quantitative estimate of drug-likeness (QED) is 0.908. The minimum atomic E-state index is -0.848. The number of carboxylic acid groups (broad SMARTS) is 1. The summed E-state index contributed by atoms with van der Waals surface area (Å²) in [5, 5.41) is 10.7. The average Bonchev–Trinajstić information content (AvgIpc) is 3.08. The molecule has 2 aliphatic heterocycles. The molecule has 0 unspecified atom stereocenters. The van der Waals surface area contributed by atoms with Gasteiger partial charge in [-0.2, -0.15) is 0 Å². The summed E-state index contributed by atoms with van der Waals surface area (Å²) in [6, 6.07) is 0. The van der Waals surface area contributed by atoms with Crippen LogP contribution in [0.15, 0.2) is 0 Å². The van der Waals surface area contributed by atoms with Crippen molar-refractivity contribution in [2.45, 2.75) is 33.1 Å². The van der Waals surface area contributed by atoms with Crippen molar-refractivity contribution in [1.82, 2.24) is 9.88 Å². The first-order valence-corrected chi connectivity index (χ1v) is 8.86. The summed E-state index contributed by atoms with van der Waals surface area (Å²) >= 11 is 1.44. The molecule has 0 bridgehead atoms. The van der Waals surface area contributed by atoms with E-state index in [0.717, 1.165) is 23.5 Å². The Kier molecular flexibility index (Phi) is 4.42. The van der Waals surface area contributed by atoms with Crippen LogP contribution in [-0.4, -0.2) is 53.2 Å². The van der Waals surface area contributed by atoms with Gasteiger partial charge in [0.1, 0.15) is 4.88 Å². The number of amides is 1. The highest BCUT2D eigenvalue weighted by Crippen LogP contribution is 2.43. The number of carbonyl (C=O) groups excluding carboxylic acids is 1. The number of nitrogens with zero attached hydrogens (tertiary/aromatic N) is 2. The zero-order chi connectivity index (χ0) is 16.6. The van der Waals surface area contributed by atoms with E-state index in [4.69, 9.17) is 4.74 Å². The molecule has 0 radical (unpaired) electrons. The third-order valence-corrected chi connectivity index (χ3v) is 6.12. The molecule has 6 nitrogen and oxygen atoms in total. The van der Waals surface area contributed by atoms with Crippen LogP contribution in [0.25, 0.3) is 0 Å². The van der Waals surface area contributed by atoms with Crippen molar-refractivity contribution in [3.05, 3.63) is 15.6 Å². The van der Waals surface area contributed by atoms with E-state index in [2.05, 4.69) is 11.9 Å². The van der Waals surface area contributed by atoms with Crippen LogP contribution in [0.5, 0.6) is 0 Å². The minimum Gasteiger partial charge on any atom is -0.481 e. The fourth-order valence-electron chi connectivity index (χ4n) is 3.57. The molecule has 0 aliphatic carbocycles. The molecule has 7 heteroatoms. The van der Waals surface area contributed by atoms with Crippen molar-refractivity contribution in [2.75, 3.05) is 26.3 Å². The zero-order valence-corrected chi connectivity index (χ0v) is 14.3. The van der Waals surface area contributed by atoms with Crippen molar-refractivity contribution in [3.8, 4) is 0 Å². The topological polar surface area (TPSA) is 79.7 Å². The molecule has 2 aliphatic rings. The van der Waals surface area contributed by atoms with Crippen LogP contribution in [0.2, 0.25) is 0 Å². The van der Waals surface area contributed by atoms with Crippen molar-refractivity contribution in [3.63, 3.8) is 0 Å². The number of likely N-dealkylation sites (tertiary alicyclic amines) is 1. The lowest BCUT2D eigenvalue weighted by Crippen LogP contribution is -2.45. The van der Waals surface area contributed by atoms with Crippen LogP contribution in [0.1, 0.15) is 40.1 Å². The van der Waals surface area contributed by atoms with Gasteiger partial charge in [0.05, 0.1) is 22.7 Å². The standard InChI is InChI=1S/C16H22N2O4S/c1-3-4-12-17-10(2)13(23-12)14(19)18-7-11-8-22-6-5-16(11,9-18)15(20)21/h11H,3-9H2,1-2H3,(H,20,21)/t11-,16+/m0/s1. The molecule has 3 heterocycles. The predicted molar refractivity (Wildman–Crippen MR) is 85.7 cm³/mol. The number of aryl methyl sites for hydroxylation is 2. The number of aromatic nitrogens is 1. The summed E-state index contributed by atoms with van der Waals surface area (Å²) in [4.78, 5) is 31.5. The van der Waals surface area contributed by atoms with E-state index in [-0.39, 0.29) is 18.4 Å². The third kappa shape index (κ3) is 2.76. The van der Waals surface area contributed by atoms with Crippen LogP contribution in [0, 0.1) is 18.3 Å². The fourth-order valence-corrected chi connectivity index (χ4v) is 4.70. The number of aliphatic carboxylic acids is 1. The molecule has 126 valence electrons. The molecule has 1 aromatic rings. The molecule has 2 atom stereocenters. The van der Waals surface area contributed by atoms with Gasteiger partial charge >= 0.3 is 5.97 Å². The number of carboxylic acids is 1. The van der Waals surface area contributed by atoms with Gasteiger partial charge in [0, 0.05) is 25.6 Å². The Labute approximate surface area is 139 Å². The van der Waals surface area contributed by atoms with Crippen molar-refractivity contribution in [1.29, 1.82) is 0 Å². The lowest BCUT2D eigenvalue weighted by Gasteiger charge is -2.33. The fraction of sp³-hybridized carbons (Fsp3) is 0.688. The zero-order valence-electron chi connectivity index (χ0n) is 13.5. The number of thiazole rings is 1.